The van der Waals surface area contributed by atoms with Crippen LogP contribution in [0.15, 0.2) is 18.2 Å². The molecule has 0 aromatic heterocycles. The number of carboxylic acid groups (broad SMARTS) is 1. The first kappa shape index (κ1) is 36.5. The van der Waals surface area contributed by atoms with E-state index in [4.69, 9.17) is 34.2 Å². The molecule has 12 nitrogen and oxygen atoms in total. The molecule has 0 saturated heterocycles. The predicted octanol–water partition coefficient (Wildman–Crippen LogP) is 6.43. The van der Waals surface area contributed by atoms with Crippen molar-refractivity contribution in [3.63, 3.8) is 0 Å². The largest absolute Gasteiger partial charge is 0.513 e. The molecule has 1 aromatic rings. The molecule has 4 unspecified atom stereocenters. The maximum Gasteiger partial charge on any atom is 0.513 e. The van der Waals surface area contributed by atoms with Crippen molar-refractivity contribution in [1.82, 2.24) is 0 Å². The van der Waals surface area contributed by atoms with E-state index < -0.39 is 42.5 Å². The molecule has 1 rings (SSSR count). The van der Waals surface area contributed by atoms with Gasteiger partial charge in [0.05, 0.1) is 19.8 Å². The van der Waals surface area contributed by atoms with Gasteiger partial charge in [-0.3, -0.25) is 4.79 Å². The van der Waals surface area contributed by atoms with Crippen molar-refractivity contribution in [3.05, 3.63) is 23.8 Å². The van der Waals surface area contributed by atoms with Crippen molar-refractivity contribution in [1.29, 1.82) is 0 Å². The third kappa shape index (κ3) is 13.9. The van der Waals surface area contributed by atoms with Gasteiger partial charge in [0.2, 0.25) is 0 Å². The summed E-state index contributed by atoms with van der Waals surface area (Å²) in [7, 11) is 0. The van der Waals surface area contributed by atoms with Crippen LogP contribution in [-0.2, 0) is 23.7 Å². The maximum absolute atomic E-state index is 12.5. The Labute approximate surface area is 248 Å². The molecule has 0 radical (unpaired) electrons. The third-order valence-corrected chi connectivity index (χ3v) is 6.72. The van der Waals surface area contributed by atoms with E-state index in [1.54, 1.807) is 6.92 Å². The van der Waals surface area contributed by atoms with E-state index in [-0.39, 0.29) is 49.6 Å². The number of ether oxygens (including phenoxy) is 6. The summed E-state index contributed by atoms with van der Waals surface area (Å²) in [4.78, 5) is 48.8. The number of carbonyl (C=O) groups is 4. The Morgan fingerprint density at radius 3 is 1.90 bits per heavy atom. The Kier molecular flexibility index (Phi) is 17.0. The summed E-state index contributed by atoms with van der Waals surface area (Å²) < 4.78 is 31.3. The Morgan fingerprint density at radius 2 is 1.38 bits per heavy atom. The average Bonchev–Trinajstić information content (AvgIpc) is 2.95. The number of aliphatic carboxylic acids is 1. The second-order valence-electron chi connectivity index (χ2n) is 10.5. The first-order chi connectivity index (χ1) is 19.9. The van der Waals surface area contributed by atoms with Crippen LogP contribution in [0.5, 0.6) is 11.5 Å². The fraction of sp³-hybridized carbons (Fsp3) is 0.667. The summed E-state index contributed by atoms with van der Waals surface area (Å²) in [6, 6.07) is 2.75. The van der Waals surface area contributed by atoms with Gasteiger partial charge >= 0.3 is 24.4 Å². The highest BCUT2D eigenvalue weighted by molar-refractivity contribution is 5.75. The van der Waals surface area contributed by atoms with Gasteiger partial charge in [0, 0.05) is 5.92 Å². The topological polar surface area (TPSA) is 170 Å². The smallest absolute Gasteiger partial charge is 0.480 e. The number of hydrogen-bond acceptors (Lipinski definition) is 11. The lowest BCUT2D eigenvalue weighted by Gasteiger charge is -2.25. The quantitative estimate of drug-likeness (QED) is 0.0824. The number of carboxylic acids is 1. The lowest BCUT2D eigenvalue weighted by molar-refractivity contribution is -0.139. The summed E-state index contributed by atoms with van der Waals surface area (Å²) in [5, 5.41) is 9.68. The van der Waals surface area contributed by atoms with E-state index in [0.717, 1.165) is 25.7 Å². The maximum atomic E-state index is 12.5. The highest BCUT2D eigenvalue weighted by Gasteiger charge is 2.30. The van der Waals surface area contributed by atoms with Crippen LogP contribution in [0, 0.1) is 11.8 Å². The highest BCUT2D eigenvalue weighted by Crippen LogP contribution is 2.35. The summed E-state index contributed by atoms with van der Waals surface area (Å²) in [5.41, 5.74) is 6.36. The zero-order chi connectivity index (χ0) is 31.7. The Hall–Kier alpha value is -3.54. The summed E-state index contributed by atoms with van der Waals surface area (Å²) in [6.45, 7) is 11.8. The molecule has 42 heavy (non-hydrogen) atoms. The molecular formula is C30H47NO11. The van der Waals surface area contributed by atoms with Gasteiger partial charge < -0.3 is 39.3 Å². The molecule has 3 N–H and O–H groups in total. The summed E-state index contributed by atoms with van der Waals surface area (Å²) >= 11 is 0. The normalized spacial score (nSPS) is 14.5. The van der Waals surface area contributed by atoms with Gasteiger partial charge in [-0.1, -0.05) is 66.4 Å². The number of hydrogen-bond donors (Lipinski definition) is 2. The first-order valence-electron chi connectivity index (χ1n) is 14.6. The Morgan fingerprint density at radius 1 is 0.810 bits per heavy atom. The van der Waals surface area contributed by atoms with E-state index >= 15 is 0 Å². The van der Waals surface area contributed by atoms with Gasteiger partial charge in [-0.05, 0) is 49.3 Å². The monoisotopic (exact) mass is 597 g/mol. The van der Waals surface area contributed by atoms with Crippen LogP contribution in [-0.4, -0.2) is 61.5 Å². The average molecular weight is 598 g/mol. The second kappa shape index (κ2) is 19.6. The SMILES string of the molecule is CCCCCOC(=O)OC(C)CC(c1ccc(OC(=O)OCC(C)CC)c(OC(=O)OCC(C)CC)c1)[C@H](N)C(=O)O. The minimum Gasteiger partial charge on any atom is -0.480 e. The van der Waals surface area contributed by atoms with Gasteiger partial charge in [-0.15, -0.1) is 0 Å². The summed E-state index contributed by atoms with van der Waals surface area (Å²) in [6.07, 6.45) is 0.483. The van der Waals surface area contributed by atoms with Crippen LogP contribution < -0.4 is 15.2 Å². The number of carbonyl (C=O) groups excluding carboxylic acids is 3. The number of unbranched alkanes of at least 4 members (excludes halogenated alkanes) is 2. The molecule has 0 aliphatic heterocycles. The fourth-order valence-electron chi connectivity index (χ4n) is 3.59. The molecule has 0 aliphatic carbocycles. The van der Waals surface area contributed by atoms with E-state index in [1.807, 2.05) is 34.6 Å². The molecule has 1 aromatic carbocycles. The second-order valence-corrected chi connectivity index (χ2v) is 10.5. The molecule has 238 valence electrons. The lowest BCUT2D eigenvalue weighted by Crippen LogP contribution is -2.38. The van der Waals surface area contributed by atoms with Crippen LogP contribution in [0.1, 0.15) is 91.5 Å². The van der Waals surface area contributed by atoms with Gasteiger partial charge in [-0.25, -0.2) is 14.4 Å². The van der Waals surface area contributed by atoms with Gasteiger partial charge in [0.15, 0.2) is 11.5 Å². The molecule has 0 saturated carbocycles. The molecular weight excluding hydrogens is 550 g/mol. The first-order valence-corrected chi connectivity index (χ1v) is 14.6. The molecule has 0 amide bonds. The minimum absolute atomic E-state index is 0.00653. The zero-order valence-electron chi connectivity index (χ0n) is 25.6. The van der Waals surface area contributed by atoms with Crippen LogP contribution in [0.4, 0.5) is 14.4 Å². The van der Waals surface area contributed by atoms with Crippen molar-refractivity contribution in [2.45, 2.75) is 98.1 Å². The minimum atomic E-state index is -1.41. The molecule has 0 fully saturated rings. The van der Waals surface area contributed by atoms with E-state index in [0.29, 0.717) is 12.0 Å². The van der Waals surface area contributed by atoms with Crippen molar-refractivity contribution in [2.24, 2.45) is 17.6 Å². The molecule has 0 heterocycles. The third-order valence-electron chi connectivity index (χ3n) is 6.72. The molecule has 0 aliphatic rings. The van der Waals surface area contributed by atoms with E-state index in [1.165, 1.54) is 18.2 Å². The van der Waals surface area contributed by atoms with Gasteiger partial charge in [0.25, 0.3) is 0 Å². The van der Waals surface area contributed by atoms with E-state index in [9.17, 15) is 24.3 Å². The van der Waals surface area contributed by atoms with Crippen LogP contribution in [0.2, 0.25) is 0 Å². The fourth-order valence-corrected chi connectivity index (χ4v) is 3.59. The van der Waals surface area contributed by atoms with Gasteiger partial charge in [-0.2, -0.15) is 0 Å². The number of nitrogens with two attached hydrogens (primary N) is 1. The van der Waals surface area contributed by atoms with Crippen LogP contribution in [0.25, 0.3) is 0 Å². The van der Waals surface area contributed by atoms with Crippen molar-refractivity contribution in [2.75, 3.05) is 19.8 Å². The predicted molar refractivity (Wildman–Crippen MR) is 154 cm³/mol. The molecule has 5 atom stereocenters. The van der Waals surface area contributed by atoms with Crippen molar-refractivity contribution < 1.29 is 52.7 Å². The number of rotatable bonds is 18. The number of benzene rings is 1. The van der Waals surface area contributed by atoms with Crippen molar-refractivity contribution in [3.8, 4) is 11.5 Å². The lowest BCUT2D eigenvalue weighted by atomic mass is 9.87. The summed E-state index contributed by atoms with van der Waals surface area (Å²) in [5.74, 6) is -2.33. The standard InChI is InChI=1S/C30H47NO11/c1-7-10-11-14-37-28(34)40-21(6)15-23(26(31)27(32)33)22-12-13-24(41-29(35)38-17-19(4)8-2)25(16-22)42-30(36)39-18-20(5)9-3/h12-13,16,19-21,23,26H,7-11,14-15,17-18,31H2,1-6H3,(H,32,33)/t19?,20?,21?,23?,26-/m0/s1. The Bertz CT molecular complexity index is 999. The van der Waals surface area contributed by atoms with Crippen LogP contribution in [0.3, 0.4) is 0 Å². The van der Waals surface area contributed by atoms with E-state index in [2.05, 4.69) is 0 Å². The molecule has 0 bridgehead atoms. The molecule has 12 heteroatoms. The molecule has 0 spiro atoms. The zero-order valence-corrected chi connectivity index (χ0v) is 25.6. The van der Waals surface area contributed by atoms with Crippen molar-refractivity contribution >= 4 is 24.4 Å². The van der Waals surface area contributed by atoms with Gasteiger partial charge in [0.1, 0.15) is 12.1 Å². The van der Waals surface area contributed by atoms with Crippen LogP contribution >= 0.6 is 0 Å². The Balaban J connectivity index is 3.22. The highest BCUT2D eigenvalue weighted by atomic mass is 16.7.